The number of nitro benzene ring substituents is 1. The van der Waals surface area contributed by atoms with Crippen LogP contribution in [0.5, 0.6) is 5.75 Å². The summed E-state index contributed by atoms with van der Waals surface area (Å²) in [6.07, 6.45) is 1.78. The van der Waals surface area contributed by atoms with Gasteiger partial charge in [0.25, 0.3) is 5.69 Å². The highest BCUT2D eigenvalue weighted by molar-refractivity contribution is 9.10. The summed E-state index contributed by atoms with van der Waals surface area (Å²) < 4.78 is 8.62. The number of aryl methyl sites for hydroxylation is 2. The SMILES string of the molecule is COc1ccc([N+](=O)[O-])cc1-n1c(C)cc([C@@H]2[C@@H](c3ccccn3)NC(=S)N2c2ccc(Br)c(C)c2)c1C. The zero-order valence-corrected chi connectivity index (χ0v) is 23.7. The van der Waals surface area contributed by atoms with E-state index in [0.717, 1.165) is 38.4 Å². The molecule has 0 unspecified atom stereocenters. The maximum atomic E-state index is 11.6. The van der Waals surface area contributed by atoms with Crippen molar-refractivity contribution in [1.82, 2.24) is 14.9 Å². The first kappa shape index (κ1) is 25.9. The fourth-order valence-corrected chi connectivity index (χ4v) is 5.74. The average Bonchev–Trinajstić information content (AvgIpc) is 3.40. The molecule has 2 aromatic heterocycles. The third-order valence-electron chi connectivity index (χ3n) is 6.92. The fraction of sp³-hybridized carbons (Fsp3) is 0.214. The van der Waals surface area contributed by atoms with E-state index in [-0.39, 0.29) is 17.8 Å². The van der Waals surface area contributed by atoms with Crippen LogP contribution in [0.25, 0.3) is 5.69 Å². The zero-order valence-electron chi connectivity index (χ0n) is 21.3. The molecule has 0 amide bonds. The van der Waals surface area contributed by atoms with E-state index >= 15 is 0 Å². The number of pyridine rings is 1. The number of hydrogen-bond acceptors (Lipinski definition) is 5. The molecule has 2 atom stereocenters. The van der Waals surface area contributed by atoms with E-state index in [0.29, 0.717) is 16.5 Å². The largest absolute Gasteiger partial charge is 0.495 e. The van der Waals surface area contributed by atoms with Crippen molar-refractivity contribution in [2.45, 2.75) is 32.9 Å². The van der Waals surface area contributed by atoms with Gasteiger partial charge in [0.15, 0.2) is 5.11 Å². The van der Waals surface area contributed by atoms with Gasteiger partial charge in [-0.3, -0.25) is 15.1 Å². The van der Waals surface area contributed by atoms with Gasteiger partial charge in [0.05, 0.1) is 35.5 Å². The Bertz CT molecular complexity index is 1560. The molecule has 0 aliphatic carbocycles. The molecule has 8 nitrogen and oxygen atoms in total. The molecule has 38 heavy (non-hydrogen) atoms. The molecule has 1 aliphatic rings. The standard InChI is InChI=1S/C28H26BrN5O3S/c1-16-13-19(8-10-22(16)29)33-27(26(31-28(33)38)23-7-5-6-12-30-23)21-14-17(2)32(18(21)3)24-15-20(34(35)36)9-11-25(24)37-4/h5-15,26-27H,1-4H3,(H,31,38)/t26-,27-/m1/s1. The van der Waals surface area contributed by atoms with Crippen LogP contribution in [0.1, 0.15) is 40.3 Å². The molecular formula is C28H26BrN5O3S. The highest BCUT2D eigenvalue weighted by atomic mass is 79.9. The Balaban J connectivity index is 1.71. The number of nitro groups is 1. The predicted molar refractivity (Wildman–Crippen MR) is 155 cm³/mol. The van der Waals surface area contributed by atoms with E-state index in [1.807, 2.05) is 55.7 Å². The highest BCUT2D eigenvalue weighted by Crippen LogP contribution is 2.45. The second-order valence-electron chi connectivity index (χ2n) is 9.21. The number of ether oxygens (including phenoxy) is 1. The van der Waals surface area contributed by atoms with Crippen LogP contribution in [-0.4, -0.2) is 26.7 Å². The quantitative estimate of drug-likeness (QED) is 0.152. The van der Waals surface area contributed by atoms with Crippen LogP contribution in [-0.2, 0) is 0 Å². The summed E-state index contributed by atoms with van der Waals surface area (Å²) in [5.74, 6) is 0.547. The number of hydrogen-bond donors (Lipinski definition) is 1. The molecule has 10 heteroatoms. The van der Waals surface area contributed by atoms with Gasteiger partial charge in [-0.05, 0) is 86.6 Å². The number of halogens is 1. The normalized spacial score (nSPS) is 17.0. The topological polar surface area (TPSA) is 85.5 Å². The minimum absolute atomic E-state index is 0.00288. The van der Waals surface area contributed by atoms with Crippen molar-refractivity contribution in [2.75, 3.05) is 12.0 Å². The average molecular weight is 593 g/mol. The number of nitrogens with one attached hydrogen (secondary N) is 1. The third kappa shape index (κ3) is 4.43. The maximum Gasteiger partial charge on any atom is 0.271 e. The second-order valence-corrected chi connectivity index (χ2v) is 10.4. The van der Waals surface area contributed by atoms with Crippen molar-refractivity contribution in [1.29, 1.82) is 0 Å². The smallest absolute Gasteiger partial charge is 0.271 e. The first-order chi connectivity index (χ1) is 18.2. The first-order valence-electron chi connectivity index (χ1n) is 12.0. The first-order valence-corrected chi connectivity index (χ1v) is 13.2. The monoisotopic (exact) mass is 591 g/mol. The molecule has 0 spiro atoms. The third-order valence-corrected chi connectivity index (χ3v) is 8.13. The summed E-state index contributed by atoms with van der Waals surface area (Å²) in [4.78, 5) is 18.0. The molecule has 1 N–H and O–H groups in total. The lowest BCUT2D eigenvalue weighted by Crippen LogP contribution is -2.29. The molecular weight excluding hydrogens is 566 g/mol. The van der Waals surface area contributed by atoms with Gasteiger partial charge in [0, 0.05) is 39.9 Å². The minimum atomic E-state index is -0.397. The molecule has 0 radical (unpaired) electrons. The van der Waals surface area contributed by atoms with Crippen LogP contribution in [0.4, 0.5) is 11.4 Å². The molecule has 194 valence electrons. The van der Waals surface area contributed by atoms with Crippen LogP contribution in [0, 0.1) is 30.9 Å². The summed E-state index contributed by atoms with van der Waals surface area (Å²) in [5, 5.41) is 15.7. The van der Waals surface area contributed by atoms with Gasteiger partial charge in [0.1, 0.15) is 5.75 Å². The number of non-ortho nitro benzene ring substituents is 1. The van der Waals surface area contributed by atoms with Gasteiger partial charge >= 0.3 is 0 Å². The summed E-state index contributed by atoms with van der Waals surface area (Å²) >= 11 is 9.49. The summed E-state index contributed by atoms with van der Waals surface area (Å²) in [6, 6.07) is 18.3. The van der Waals surface area contributed by atoms with E-state index in [2.05, 4.69) is 43.3 Å². The number of thiocarbonyl (C=S) groups is 1. The molecule has 0 bridgehead atoms. The molecule has 1 saturated heterocycles. The number of benzene rings is 2. The number of anilines is 1. The molecule has 2 aromatic carbocycles. The molecule has 4 aromatic rings. The Morgan fingerprint density at radius 1 is 1.11 bits per heavy atom. The van der Waals surface area contributed by atoms with Gasteiger partial charge in [-0.2, -0.15) is 0 Å². The summed E-state index contributed by atoms with van der Waals surface area (Å²) in [7, 11) is 1.56. The Kier molecular flexibility index (Phi) is 6.93. The van der Waals surface area contributed by atoms with Gasteiger partial charge in [-0.1, -0.05) is 22.0 Å². The predicted octanol–water partition coefficient (Wildman–Crippen LogP) is 6.65. The lowest BCUT2D eigenvalue weighted by atomic mass is 9.96. The molecule has 1 fully saturated rings. The van der Waals surface area contributed by atoms with Crippen molar-refractivity contribution >= 4 is 44.6 Å². The Morgan fingerprint density at radius 2 is 1.89 bits per heavy atom. The number of rotatable bonds is 6. The Morgan fingerprint density at radius 3 is 2.55 bits per heavy atom. The maximum absolute atomic E-state index is 11.6. The van der Waals surface area contributed by atoms with Crippen LogP contribution < -0.4 is 15.0 Å². The van der Waals surface area contributed by atoms with Gasteiger partial charge in [0.2, 0.25) is 0 Å². The van der Waals surface area contributed by atoms with Crippen LogP contribution in [0.3, 0.4) is 0 Å². The Labute approximate surface area is 234 Å². The fourth-order valence-electron chi connectivity index (χ4n) is 5.15. The van der Waals surface area contributed by atoms with Crippen LogP contribution in [0.2, 0.25) is 0 Å². The van der Waals surface area contributed by atoms with Crippen LogP contribution in [0.15, 0.2) is 71.3 Å². The lowest BCUT2D eigenvalue weighted by molar-refractivity contribution is -0.384. The molecule has 3 heterocycles. The lowest BCUT2D eigenvalue weighted by Gasteiger charge is -2.28. The van der Waals surface area contributed by atoms with Crippen molar-refractivity contribution in [2.24, 2.45) is 0 Å². The van der Waals surface area contributed by atoms with E-state index in [1.165, 1.54) is 6.07 Å². The Hall–Kier alpha value is -3.76. The van der Waals surface area contributed by atoms with E-state index in [9.17, 15) is 10.1 Å². The number of aromatic nitrogens is 2. The molecule has 0 saturated carbocycles. The molecule has 1 aliphatic heterocycles. The van der Waals surface area contributed by atoms with E-state index < -0.39 is 4.92 Å². The van der Waals surface area contributed by atoms with Crippen molar-refractivity contribution in [3.05, 3.63) is 110 Å². The zero-order chi connectivity index (χ0) is 27.1. The number of methoxy groups -OCH3 is 1. The van der Waals surface area contributed by atoms with Gasteiger partial charge in [-0.15, -0.1) is 0 Å². The van der Waals surface area contributed by atoms with Gasteiger partial charge < -0.3 is 19.5 Å². The van der Waals surface area contributed by atoms with Crippen molar-refractivity contribution in [3.8, 4) is 11.4 Å². The molecule has 5 rings (SSSR count). The minimum Gasteiger partial charge on any atom is -0.495 e. The highest BCUT2D eigenvalue weighted by Gasteiger charge is 2.42. The number of nitrogens with zero attached hydrogens (tertiary/aromatic N) is 4. The van der Waals surface area contributed by atoms with Crippen molar-refractivity contribution in [3.63, 3.8) is 0 Å². The second kappa shape index (κ2) is 10.2. The van der Waals surface area contributed by atoms with Crippen LogP contribution >= 0.6 is 28.1 Å². The van der Waals surface area contributed by atoms with Crippen molar-refractivity contribution < 1.29 is 9.66 Å². The van der Waals surface area contributed by atoms with Gasteiger partial charge in [-0.25, -0.2) is 0 Å². The summed E-state index contributed by atoms with van der Waals surface area (Å²) in [5.41, 5.74) is 6.40. The summed E-state index contributed by atoms with van der Waals surface area (Å²) in [6.45, 7) is 6.05. The van der Waals surface area contributed by atoms with E-state index in [1.54, 1.807) is 25.4 Å². The van der Waals surface area contributed by atoms with E-state index in [4.69, 9.17) is 17.0 Å².